The van der Waals surface area contributed by atoms with Crippen molar-refractivity contribution in [3.05, 3.63) is 74.7 Å². The third-order valence-electron chi connectivity index (χ3n) is 3.59. The van der Waals surface area contributed by atoms with E-state index in [1.54, 1.807) is 36.4 Å². The van der Waals surface area contributed by atoms with Crippen LogP contribution in [0.3, 0.4) is 0 Å². The minimum Gasteiger partial charge on any atom is -0.493 e. The monoisotopic (exact) mass is 343 g/mol. The zero-order valence-electron chi connectivity index (χ0n) is 12.8. The molecular formula is C17H14ClN3O3. The van der Waals surface area contributed by atoms with Crippen molar-refractivity contribution >= 4 is 23.2 Å². The number of fused-ring (bicyclic) bond motifs is 1. The van der Waals surface area contributed by atoms with Gasteiger partial charge in [-0.25, -0.2) is 0 Å². The van der Waals surface area contributed by atoms with Crippen molar-refractivity contribution < 1.29 is 9.90 Å². The molecule has 1 aromatic carbocycles. The molecule has 2 heterocycles. The Kier molecular flexibility index (Phi) is 4.22. The normalized spacial score (nSPS) is 10.8. The minimum atomic E-state index is -0.708. The molecule has 0 aliphatic heterocycles. The summed E-state index contributed by atoms with van der Waals surface area (Å²) in [6.45, 7) is 1.97. The lowest BCUT2D eigenvalue weighted by Gasteiger charge is -2.09. The highest BCUT2D eigenvalue weighted by Gasteiger charge is 2.19. The molecule has 24 heavy (non-hydrogen) atoms. The zero-order chi connectivity index (χ0) is 17.3. The van der Waals surface area contributed by atoms with Gasteiger partial charge < -0.3 is 10.4 Å². The number of nitrogens with zero attached hydrogens (tertiary/aromatic N) is 2. The van der Waals surface area contributed by atoms with E-state index in [1.807, 2.05) is 6.92 Å². The SMILES string of the molecule is Cc1ccn2c(=O)c(C(=O)NCc3ccccc3Cl)c(O)nc2c1. The molecule has 0 aliphatic carbocycles. The van der Waals surface area contributed by atoms with Crippen molar-refractivity contribution in [3.63, 3.8) is 0 Å². The van der Waals surface area contributed by atoms with Gasteiger partial charge in [0, 0.05) is 17.8 Å². The Morgan fingerprint density at radius 1 is 1.33 bits per heavy atom. The summed E-state index contributed by atoms with van der Waals surface area (Å²) in [4.78, 5) is 28.7. The fraction of sp³-hybridized carbons (Fsp3) is 0.118. The Balaban J connectivity index is 1.94. The maximum Gasteiger partial charge on any atom is 0.274 e. The standard InChI is InChI=1S/C17H14ClN3O3/c1-10-6-7-21-13(8-10)20-16(23)14(17(21)24)15(22)19-9-11-4-2-3-5-12(11)18/h2-8,23H,9H2,1H3,(H,19,22). The molecule has 2 aromatic heterocycles. The number of amides is 1. The third kappa shape index (κ3) is 2.96. The van der Waals surface area contributed by atoms with E-state index in [2.05, 4.69) is 10.3 Å². The molecule has 0 atom stereocenters. The van der Waals surface area contributed by atoms with Gasteiger partial charge in [-0.05, 0) is 36.2 Å². The number of hydrogen-bond donors (Lipinski definition) is 2. The number of carbonyl (C=O) groups is 1. The van der Waals surface area contributed by atoms with Crippen LogP contribution in [0.25, 0.3) is 5.65 Å². The summed E-state index contributed by atoms with van der Waals surface area (Å²) in [6.07, 6.45) is 1.52. The van der Waals surface area contributed by atoms with Crippen molar-refractivity contribution in [1.29, 1.82) is 0 Å². The molecule has 1 amide bonds. The van der Waals surface area contributed by atoms with Gasteiger partial charge in [0.05, 0.1) is 0 Å². The van der Waals surface area contributed by atoms with Crippen LogP contribution in [0.4, 0.5) is 0 Å². The number of rotatable bonds is 3. The molecule has 122 valence electrons. The lowest BCUT2D eigenvalue weighted by Crippen LogP contribution is -2.31. The molecule has 0 bridgehead atoms. The first-order chi connectivity index (χ1) is 11.5. The first-order valence-electron chi connectivity index (χ1n) is 7.21. The Morgan fingerprint density at radius 2 is 2.08 bits per heavy atom. The van der Waals surface area contributed by atoms with Crippen LogP contribution >= 0.6 is 11.6 Å². The van der Waals surface area contributed by atoms with Gasteiger partial charge in [0.1, 0.15) is 5.65 Å². The number of nitrogens with one attached hydrogen (secondary N) is 1. The summed E-state index contributed by atoms with van der Waals surface area (Å²) in [7, 11) is 0. The number of halogens is 1. The highest BCUT2D eigenvalue weighted by Crippen LogP contribution is 2.16. The lowest BCUT2D eigenvalue weighted by molar-refractivity contribution is 0.0945. The van der Waals surface area contributed by atoms with Crippen molar-refractivity contribution in [3.8, 4) is 5.88 Å². The second-order valence-corrected chi connectivity index (χ2v) is 5.73. The number of benzene rings is 1. The van der Waals surface area contributed by atoms with Crippen molar-refractivity contribution in [1.82, 2.24) is 14.7 Å². The van der Waals surface area contributed by atoms with Gasteiger partial charge in [-0.1, -0.05) is 29.8 Å². The van der Waals surface area contributed by atoms with E-state index in [0.29, 0.717) is 10.6 Å². The lowest BCUT2D eigenvalue weighted by atomic mass is 10.2. The molecule has 7 heteroatoms. The van der Waals surface area contributed by atoms with E-state index in [4.69, 9.17) is 11.6 Å². The molecule has 6 nitrogen and oxygen atoms in total. The Bertz CT molecular complexity index is 998. The fourth-order valence-electron chi connectivity index (χ4n) is 2.33. The van der Waals surface area contributed by atoms with Gasteiger partial charge in [0.2, 0.25) is 5.88 Å². The average Bonchev–Trinajstić information content (AvgIpc) is 2.53. The summed E-state index contributed by atoms with van der Waals surface area (Å²) in [5.41, 5.74) is 0.839. The minimum absolute atomic E-state index is 0.133. The highest BCUT2D eigenvalue weighted by molar-refractivity contribution is 6.31. The van der Waals surface area contributed by atoms with Gasteiger partial charge in [-0.2, -0.15) is 4.98 Å². The summed E-state index contributed by atoms with van der Waals surface area (Å²) >= 11 is 6.03. The molecule has 0 unspecified atom stereocenters. The van der Waals surface area contributed by atoms with Crippen LogP contribution in [0, 0.1) is 6.92 Å². The van der Waals surface area contributed by atoms with Crippen LogP contribution in [-0.4, -0.2) is 20.4 Å². The van der Waals surface area contributed by atoms with Gasteiger partial charge >= 0.3 is 0 Å². The first-order valence-corrected chi connectivity index (χ1v) is 7.59. The summed E-state index contributed by atoms with van der Waals surface area (Å²) < 4.78 is 1.22. The number of aromatic nitrogens is 2. The summed E-state index contributed by atoms with van der Waals surface area (Å²) in [6, 6.07) is 10.4. The van der Waals surface area contributed by atoms with E-state index in [-0.39, 0.29) is 12.2 Å². The van der Waals surface area contributed by atoms with Crippen LogP contribution in [0.15, 0.2) is 47.4 Å². The van der Waals surface area contributed by atoms with Crippen LogP contribution in [0.2, 0.25) is 5.02 Å². The van der Waals surface area contributed by atoms with Gasteiger partial charge in [0.25, 0.3) is 11.5 Å². The predicted octanol–water partition coefficient (Wildman–Crippen LogP) is 2.29. The molecule has 3 aromatic rings. The number of pyridine rings is 1. The van der Waals surface area contributed by atoms with E-state index in [9.17, 15) is 14.7 Å². The Labute approximate surface area is 142 Å². The molecule has 0 saturated heterocycles. The molecule has 0 saturated carbocycles. The maximum atomic E-state index is 12.5. The molecule has 0 spiro atoms. The number of carbonyl (C=O) groups excluding carboxylic acids is 1. The van der Waals surface area contributed by atoms with Gasteiger partial charge in [0.15, 0.2) is 5.56 Å². The smallest absolute Gasteiger partial charge is 0.274 e. The Morgan fingerprint density at radius 3 is 2.83 bits per heavy atom. The second-order valence-electron chi connectivity index (χ2n) is 5.32. The van der Waals surface area contributed by atoms with E-state index in [1.165, 1.54) is 10.6 Å². The molecule has 0 fully saturated rings. The quantitative estimate of drug-likeness (QED) is 0.764. The second kappa shape index (κ2) is 6.33. The topological polar surface area (TPSA) is 83.7 Å². The van der Waals surface area contributed by atoms with E-state index in [0.717, 1.165) is 5.56 Å². The van der Waals surface area contributed by atoms with Crippen molar-refractivity contribution in [2.24, 2.45) is 0 Å². The number of hydrogen-bond acceptors (Lipinski definition) is 4. The van der Waals surface area contributed by atoms with Gasteiger partial charge in [-0.15, -0.1) is 0 Å². The average molecular weight is 344 g/mol. The van der Waals surface area contributed by atoms with Crippen LogP contribution in [0.5, 0.6) is 5.88 Å². The van der Waals surface area contributed by atoms with Crippen LogP contribution < -0.4 is 10.9 Å². The first kappa shape index (κ1) is 16.0. The largest absolute Gasteiger partial charge is 0.493 e. The van der Waals surface area contributed by atoms with E-state index >= 15 is 0 Å². The predicted molar refractivity (Wildman–Crippen MR) is 90.5 cm³/mol. The summed E-state index contributed by atoms with van der Waals surface area (Å²) in [5, 5.41) is 13.1. The van der Waals surface area contributed by atoms with Gasteiger partial charge in [-0.3, -0.25) is 14.0 Å². The van der Waals surface area contributed by atoms with Crippen molar-refractivity contribution in [2.45, 2.75) is 13.5 Å². The molecule has 0 aliphatic rings. The van der Waals surface area contributed by atoms with E-state index < -0.39 is 22.9 Å². The fourth-order valence-corrected chi connectivity index (χ4v) is 2.54. The molecule has 2 N–H and O–H groups in total. The zero-order valence-corrected chi connectivity index (χ0v) is 13.5. The molecule has 0 radical (unpaired) electrons. The number of aromatic hydroxyl groups is 1. The summed E-state index contributed by atoms with van der Waals surface area (Å²) in [5.74, 6) is -1.30. The van der Waals surface area contributed by atoms with Crippen LogP contribution in [-0.2, 0) is 6.54 Å². The maximum absolute atomic E-state index is 12.5. The highest BCUT2D eigenvalue weighted by atomic mass is 35.5. The molecular weight excluding hydrogens is 330 g/mol. The van der Waals surface area contributed by atoms with Crippen molar-refractivity contribution in [2.75, 3.05) is 0 Å². The van der Waals surface area contributed by atoms with Crippen LogP contribution in [0.1, 0.15) is 21.5 Å². The third-order valence-corrected chi connectivity index (χ3v) is 3.96. The number of aryl methyl sites for hydroxylation is 1. The molecule has 3 rings (SSSR count). The Hall–Kier alpha value is -2.86.